The van der Waals surface area contributed by atoms with Crippen LogP contribution in [0.15, 0.2) is 41.0 Å². The summed E-state index contributed by atoms with van der Waals surface area (Å²) in [4.78, 5) is 4.46. The highest BCUT2D eigenvalue weighted by atomic mass is 79.9. The smallest absolute Gasteiger partial charge is 0.0422 e. The number of nitrogens with two attached hydrogens (primary N) is 1. The van der Waals surface area contributed by atoms with Crippen molar-refractivity contribution in [3.63, 3.8) is 0 Å². The van der Waals surface area contributed by atoms with E-state index in [2.05, 4.69) is 65.1 Å². The minimum Gasteiger partial charge on any atom is -0.324 e. The lowest BCUT2D eigenvalue weighted by molar-refractivity contribution is 0.705. The highest BCUT2D eigenvalue weighted by Gasteiger charge is 2.09. The van der Waals surface area contributed by atoms with Crippen LogP contribution >= 0.6 is 15.9 Å². The third-order valence-corrected chi connectivity index (χ3v) is 4.20. The summed E-state index contributed by atoms with van der Waals surface area (Å²) in [5.41, 5.74) is 10.9. The van der Waals surface area contributed by atoms with E-state index in [0.29, 0.717) is 0 Å². The van der Waals surface area contributed by atoms with Crippen molar-refractivity contribution in [2.24, 2.45) is 5.73 Å². The van der Waals surface area contributed by atoms with Gasteiger partial charge in [0.1, 0.15) is 0 Å². The van der Waals surface area contributed by atoms with Crippen molar-refractivity contribution >= 4 is 15.9 Å². The molecule has 2 N–H and O–H groups in total. The van der Waals surface area contributed by atoms with Gasteiger partial charge in [-0.15, -0.1) is 0 Å². The molecule has 19 heavy (non-hydrogen) atoms. The molecule has 0 aliphatic heterocycles. The first kappa shape index (κ1) is 14.2. The molecule has 0 saturated heterocycles. The van der Waals surface area contributed by atoms with Crippen LogP contribution in [0.2, 0.25) is 0 Å². The van der Waals surface area contributed by atoms with Crippen LogP contribution in [0.25, 0.3) is 0 Å². The topological polar surface area (TPSA) is 38.9 Å². The van der Waals surface area contributed by atoms with Crippen molar-refractivity contribution in [3.8, 4) is 0 Å². The van der Waals surface area contributed by atoms with Crippen molar-refractivity contribution < 1.29 is 0 Å². The molecule has 1 aromatic carbocycles. The summed E-state index contributed by atoms with van der Waals surface area (Å²) in [5.74, 6) is 0. The second kappa shape index (κ2) is 6.31. The molecule has 0 radical (unpaired) electrons. The highest BCUT2D eigenvalue weighted by molar-refractivity contribution is 9.10. The quantitative estimate of drug-likeness (QED) is 0.926. The molecule has 1 heterocycles. The van der Waals surface area contributed by atoms with E-state index in [0.717, 1.165) is 28.6 Å². The average molecular weight is 319 g/mol. The van der Waals surface area contributed by atoms with Gasteiger partial charge >= 0.3 is 0 Å². The Balaban J connectivity index is 2.10. The van der Waals surface area contributed by atoms with E-state index >= 15 is 0 Å². The molecular weight excluding hydrogens is 300 g/mol. The number of aromatic nitrogens is 1. The number of hydrogen-bond acceptors (Lipinski definition) is 2. The van der Waals surface area contributed by atoms with Crippen LogP contribution in [0.1, 0.15) is 35.3 Å². The normalized spacial score (nSPS) is 12.4. The molecule has 0 saturated carbocycles. The van der Waals surface area contributed by atoms with Crippen LogP contribution in [0.3, 0.4) is 0 Å². The first-order valence-corrected chi connectivity index (χ1v) is 7.35. The lowest BCUT2D eigenvalue weighted by Gasteiger charge is -2.13. The van der Waals surface area contributed by atoms with Crippen LogP contribution in [-0.2, 0) is 12.8 Å². The largest absolute Gasteiger partial charge is 0.324 e. The molecule has 3 heteroatoms. The van der Waals surface area contributed by atoms with Crippen LogP contribution in [0.4, 0.5) is 0 Å². The second-order valence-corrected chi connectivity index (χ2v) is 5.68. The monoisotopic (exact) mass is 318 g/mol. The van der Waals surface area contributed by atoms with E-state index in [1.165, 1.54) is 11.1 Å². The molecule has 1 aromatic heterocycles. The molecule has 1 unspecified atom stereocenters. The summed E-state index contributed by atoms with van der Waals surface area (Å²) < 4.78 is 1.11. The molecule has 0 bridgehead atoms. The first-order chi connectivity index (χ1) is 9.10. The summed E-state index contributed by atoms with van der Waals surface area (Å²) in [5, 5.41) is 0. The minimum absolute atomic E-state index is 0.0168. The maximum atomic E-state index is 6.26. The van der Waals surface area contributed by atoms with Crippen LogP contribution < -0.4 is 5.73 Å². The van der Waals surface area contributed by atoms with E-state index in [9.17, 15) is 0 Å². The average Bonchev–Trinajstić information content (AvgIpc) is 2.42. The number of nitrogens with zero attached hydrogens (tertiary/aromatic N) is 1. The van der Waals surface area contributed by atoms with Crippen molar-refractivity contribution in [1.29, 1.82) is 0 Å². The molecule has 0 aliphatic rings. The Kier molecular flexibility index (Phi) is 4.72. The number of pyridine rings is 1. The lowest BCUT2D eigenvalue weighted by atomic mass is 10.0. The minimum atomic E-state index is -0.0168. The van der Waals surface area contributed by atoms with E-state index in [1.807, 2.05) is 6.20 Å². The molecule has 0 amide bonds. The summed E-state index contributed by atoms with van der Waals surface area (Å²) >= 11 is 3.55. The predicted octanol–water partition coefficient (Wildman–Crippen LogP) is 3.96. The van der Waals surface area contributed by atoms with Gasteiger partial charge < -0.3 is 5.73 Å². The Bertz CT molecular complexity index is 549. The maximum absolute atomic E-state index is 6.26. The first-order valence-electron chi connectivity index (χ1n) is 6.55. The van der Waals surface area contributed by atoms with Gasteiger partial charge in [-0.05, 0) is 42.2 Å². The van der Waals surface area contributed by atoms with Gasteiger partial charge in [-0.3, -0.25) is 4.98 Å². The van der Waals surface area contributed by atoms with Gasteiger partial charge in [0.2, 0.25) is 0 Å². The fourth-order valence-electron chi connectivity index (χ4n) is 1.97. The van der Waals surface area contributed by atoms with Gasteiger partial charge in [0, 0.05) is 28.8 Å². The second-order valence-electron chi connectivity index (χ2n) is 4.83. The molecule has 0 aliphatic carbocycles. The Morgan fingerprint density at radius 1 is 1.26 bits per heavy atom. The predicted molar refractivity (Wildman–Crippen MR) is 83.1 cm³/mol. The zero-order valence-electron chi connectivity index (χ0n) is 11.4. The summed E-state index contributed by atoms with van der Waals surface area (Å²) in [6.45, 7) is 4.21. The number of halogens is 1. The third-order valence-electron chi connectivity index (χ3n) is 3.35. The summed E-state index contributed by atoms with van der Waals surface area (Å²) in [6, 6.07) is 10.5. The Hall–Kier alpha value is -1.19. The molecule has 0 spiro atoms. The van der Waals surface area contributed by atoms with E-state index in [-0.39, 0.29) is 6.04 Å². The van der Waals surface area contributed by atoms with Crippen molar-refractivity contribution in [1.82, 2.24) is 4.98 Å². The van der Waals surface area contributed by atoms with Crippen LogP contribution in [0.5, 0.6) is 0 Å². The number of benzene rings is 1. The number of aryl methyl sites for hydroxylation is 2. The molecule has 2 nitrogen and oxygen atoms in total. The Morgan fingerprint density at radius 2 is 2.05 bits per heavy atom. The molecule has 0 fully saturated rings. The zero-order valence-corrected chi connectivity index (χ0v) is 12.9. The van der Waals surface area contributed by atoms with Crippen LogP contribution in [-0.4, -0.2) is 4.98 Å². The lowest BCUT2D eigenvalue weighted by Crippen LogP contribution is -2.14. The zero-order chi connectivity index (χ0) is 13.8. The van der Waals surface area contributed by atoms with Crippen molar-refractivity contribution in [2.75, 3.05) is 0 Å². The van der Waals surface area contributed by atoms with Crippen molar-refractivity contribution in [3.05, 3.63) is 63.4 Å². The molecule has 100 valence electrons. The number of rotatable bonds is 4. The number of hydrogen-bond donors (Lipinski definition) is 1. The molecule has 2 aromatic rings. The van der Waals surface area contributed by atoms with E-state index < -0.39 is 0 Å². The van der Waals surface area contributed by atoms with Crippen molar-refractivity contribution in [2.45, 2.75) is 32.7 Å². The molecule has 2 rings (SSSR count). The fourth-order valence-corrected chi connectivity index (χ4v) is 2.36. The Morgan fingerprint density at radius 3 is 2.63 bits per heavy atom. The van der Waals surface area contributed by atoms with Gasteiger partial charge in [-0.25, -0.2) is 0 Å². The Labute approximate surface area is 123 Å². The van der Waals surface area contributed by atoms with Crippen LogP contribution in [0, 0.1) is 6.92 Å². The van der Waals surface area contributed by atoms with Gasteiger partial charge in [0.05, 0.1) is 0 Å². The third kappa shape index (κ3) is 3.64. The molecule has 1 atom stereocenters. The summed E-state index contributed by atoms with van der Waals surface area (Å²) in [7, 11) is 0. The van der Waals surface area contributed by atoms with E-state index in [1.54, 1.807) is 0 Å². The van der Waals surface area contributed by atoms with Gasteiger partial charge in [0.15, 0.2) is 0 Å². The maximum Gasteiger partial charge on any atom is 0.0422 e. The SMILES string of the molecule is CCc1ccc(CC(N)c2ccc(C)c(Br)c2)nc1. The van der Waals surface area contributed by atoms with E-state index in [4.69, 9.17) is 5.73 Å². The fraction of sp³-hybridized carbons (Fsp3) is 0.312. The molecular formula is C16H19BrN2. The van der Waals surface area contributed by atoms with Gasteiger partial charge in [-0.2, -0.15) is 0 Å². The van der Waals surface area contributed by atoms with Gasteiger partial charge in [0.25, 0.3) is 0 Å². The van der Waals surface area contributed by atoms with Gasteiger partial charge in [-0.1, -0.05) is 41.1 Å². The standard InChI is InChI=1S/C16H19BrN2/c1-3-12-5-7-14(19-10-12)9-16(18)13-6-4-11(2)15(17)8-13/h4-8,10,16H,3,9,18H2,1-2H3. The summed E-state index contributed by atoms with van der Waals surface area (Å²) in [6.07, 6.45) is 3.72. The highest BCUT2D eigenvalue weighted by Crippen LogP contribution is 2.22.